The predicted octanol–water partition coefficient (Wildman–Crippen LogP) is 2.71. The van der Waals surface area contributed by atoms with Crippen LogP contribution in [-0.2, 0) is 4.74 Å². The number of halogens is 1. The number of nitrogens with zero attached hydrogens (tertiary/aromatic N) is 3. The van der Waals surface area contributed by atoms with E-state index in [2.05, 4.69) is 10.1 Å². The highest BCUT2D eigenvalue weighted by atomic mass is 35.5. The molecule has 2 rings (SSSR count). The summed E-state index contributed by atoms with van der Waals surface area (Å²) in [6, 6.07) is 5.51. The fourth-order valence-corrected chi connectivity index (χ4v) is 2.07. The molecule has 0 saturated heterocycles. The fourth-order valence-electron chi connectivity index (χ4n) is 1.73. The summed E-state index contributed by atoms with van der Waals surface area (Å²) in [5.41, 5.74) is 1.65. The van der Waals surface area contributed by atoms with Gasteiger partial charge in [-0.3, -0.25) is 0 Å². The molecule has 0 bridgehead atoms. The van der Waals surface area contributed by atoms with Gasteiger partial charge in [-0.15, -0.1) is 0 Å². The van der Waals surface area contributed by atoms with Crippen LogP contribution in [0.2, 0.25) is 5.15 Å². The van der Waals surface area contributed by atoms with Crippen LogP contribution >= 0.6 is 11.6 Å². The summed E-state index contributed by atoms with van der Waals surface area (Å²) in [5.74, 6) is 0.104. The van der Waals surface area contributed by atoms with Crippen LogP contribution in [0, 0.1) is 13.8 Å². The van der Waals surface area contributed by atoms with Gasteiger partial charge >= 0.3 is 5.97 Å². The van der Waals surface area contributed by atoms with Gasteiger partial charge in [0.05, 0.1) is 12.3 Å². The Kier molecular flexibility index (Phi) is 3.85. The third kappa shape index (κ3) is 2.61. The minimum Gasteiger partial charge on any atom is -0.462 e. The molecule has 0 aliphatic carbocycles. The van der Waals surface area contributed by atoms with Gasteiger partial charge in [0.25, 0.3) is 0 Å². The summed E-state index contributed by atoms with van der Waals surface area (Å²) in [4.78, 5) is 16.1. The van der Waals surface area contributed by atoms with E-state index in [1.54, 1.807) is 19.9 Å². The Morgan fingerprint density at radius 1 is 1.42 bits per heavy atom. The Morgan fingerprint density at radius 2 is 2.16 bits per heavy atom. The Hall–Kier alpha value is -1.88. The lowest BCUT2D eigenvalue weighted by molar-refractivity contribution is 0.0526. The van der Waals surface area contributed by atoms with Gasteiger partial charge in [-0.05, 0) is 32.9 Å². The number of rotatable bonds is 3. The van der Waals surface area contributed by atoms with Crippen LogP contribution in [0.25, 0.3) is 5.82 Å². The first kappa shape index (κ1) is 13.5. The molecule has 6 heteroatoms. The standard InChI is InChI=1S/C13H14ClN3O2/c1-4-19-13(18)11-9(3)16-17(12(11)14)10-7-5-6-8(2)15-10/h5-7H,4H2,1-3H3. The average molecular weight is 280 g/mol. The van der Waals surface area contributed by atoms with Gasteiger partial charge in [0.2, 0.25) is 0 Å². The van der Waals surface area contributed by atoms with Crippen LogP contribution in [0.5, 0.6) is 0 Å². The van der Waals surface area contributed by atoms with E-state index in [0.29, 0.717) is 18.1 Å². The average Bonchev–Trinajstić information content (AvgIpc) is 2.65. The molecule has 0 N–H and O–H groups in total. The molecule has 0 fully saturated rings. The molecule has 0 aliphatic rings. The summed E-state index contributed by atoms with van der Waals surface area (Å²) in [7, 11) is 0. The molecule has 19 heavy (non-hydrogen) atoms. The molecule has 0 unspecified atom stereocenters. The number of hydrogen-bond donors (Lipinski definition) is 0. The van der Waals surface area contributed by atoms with E-state index in [9.17, 15) is 4.79 Å². The lowest BCUT2D eigenvalue weighted by atomic mass is 10.3. The van der Waals surface area contributed by atoms with E-state index in [4.69, 9.17) is 16.3 Å². The zero-order chi connectivity index (χ0) is 14.0. The third-order valence-corrected chi connectivity index (χ3v) is 2.92. The van der Waals surface area contributed by atoms with E-state index in [0.717, 1.165) is 5.69 Å². The number of aromatic nitrogens is 3. The first-order valence-electron chi connectivity index (χ1n) is 5.91. The van der Waals surface area contributed by atoms with Gasteiger partial charge in [-0.2, -0.15) is 5.10 Å². The highest BCUT2D eigenvalue weighted by molar-refractivity contribution is 6.33. The van der Waals surface area contributed by atoms with Crippen molar-refractivity contribution in [1.29, 1.82) is 0 Å². The van der Waals surface area contributed by atoms with Crippen LogP contribution in [0.3, 0.4) is 0 Å². The number of pyridine rings is 1. The second kappa shape index (κ2) is 5.40. The molecule has 0 aromatic carbocycles. The number of ether oxygens (including phenoxy) is 1. The summed E-state index contributed by atoms with van der Waals surface area (Å²) in [5, 5.41) is 4.46. The van der Waals surface area contributed by atoms with Crippen molar-refractivity contribution >= 4 is 17.6 Å². The van der Waals surface area contributed by atoms with Gasteiger partial charge in [0.1, 0.15) is 10.7 Å². The monoisotopic (exact) mass is 279 g/mol. The Labute approximate surface area is 116 Å². The first-order valence-corrected chi connectivity index (χ1v) is 6.28. The molecule has 0 spiro atoms. The van der Waals surface area contributed by atoms with Crippen molar-refractivity contribution in [2.75, 3.05) is 6.61 Å². The smallest absolute Gasteiger partial charge is 0.343 e. The van der Waals surface area contributed by atoms with Crippen molar-refractivity contribution < 1.29 is 9.53 Å². The van der Waals surface area contributed by atoms with Gasteiger partial charge < -0.3 is 4.74 Å². The lowest BCUT2D eigenvalue weighted by Crippen LogP contribution is -2.06. The Morgan fingerprint density at radius 3 is 2.79 bits per heavy atom. The molecule has 0 saturated carbocycles. The number of esters is 1. The van der Waals surface area contributed by atoms with E-state index in [1.165, 1.54) is 4.68 Å². The Balaban J connectivity index is 2.50. The highest BCUT2D eigenvalue weighted by Crippen LogP contribution is 2.23. The van der Waals surface area contributed by atoms with Gasteiger partial charge in [-0.1, -0.05) is 17.7 Å². The number of hydrogen-bond acceptors (Lipinski definition) is 4. The molecule has 2 heterocycles. The summed E-state index contributed by atoms with van der Waals surface area (Å²) >= 11 is 6.21. The molecular formula is C13H14ClN3O2. The predicted molar refractivity (Wildman–Crippen MR) is 71.8 cm³/mol. The summed E-state index contributed by atoms with van der Waals surface area (Å²) in [6.07, 6.45) is 0. The maximum absolute atomic E-state index is 11.8. The molecule has 2 aromatic heterocycles. The molecule has 100 valence electrons. The second-order valence-electron chi connectivity index (χ2n) is 4.02. The molecule has 0 amide bonds. The number of carbonyl (C=O) groups excluding carboxylic acids is 1. The topological polar surface area (TPSA) is 57.0 Å². The maximum atomic E-state index is 11.8. The normalized spacial score (nSPS) is 10.5. The quantitative estimate of drug-likeness (QED) is 0.811. The fraction of sp³-hybridized carbons (Fsp3) is 0.308. The zero-order valence-electron chi connectivity index (χ0n) is 11.0. The maximum Gasteiger partial charge on any atom is 0.343 e. The largest absolute Gasteiger partial charge is 0.462 e. The summed E-state index contributed by atoms with van der Waals surface area (Å²) < 4.78 is 6.41. The van der Waals surface area contributed by atoms with Crippen LogP contribution in [-0.4, -0.2) is 27.3 Å². The van der Waals surface area contributed by atoms with Crippen LogP contribution in [0.1, 0.15) is 28.7 Å². The third-order valence-electron chi connectivity index (χ3n) is 2.57. The molecule has 2 aromatic rings. The van der Waals surface area contributed by atoms with Crippen LogP contribution in [0.15, 0.2) is 18.2 Å². The van der Waals surface area contributed by atoms with Crippen molar-refractivity contribution in [3.63, 3.8) is 0 Å². The van der Waals surface area contributed by atoms with Crippen LogP contribution < -0.4 is 0 Å². The zero-order valence-corrected chi connectivity index (χ0v) is 11.7. The molecule has 0 atom stereocenters. The van der Waals surface area contributed by atoms with Crippen molar-refractivity contribution in [3.05, 3.63) is 40.3 Å². The molecular weight excluding hydrogens is 266 g/mol. The van der Waals surface area contributed by atoms with E-state index in [1.807, 2.05) is 19.1 Å². The van der Waals surface area contributed by atoms with Crippen molar-refractivity contribution in [2.45, 2.75) is 20.8 Å². The minimum absolute atomic E-state index is 0.217. The van der Waals surface area contributed by atoms with Crippen molar-refractivity contribution in [1.82, 2.24) is 14.8 Å². The number of carbonyl (C=O) groups is 1. The van der Waals surface area contributed by atoms with Crippen molar-refractivity contribution in [2.24, 2.45) is 0 Å². The number of aryl methyl sites for hydroxylation is 2. The van der Waals surface area contributed by atoms with Gasteiger partial charge in [0.15, 0.2) is 5.82 Å². The molecule has 5 nitrogen and oxygen atoms in total. The first-order chi connectivity index (χ1) is 9.04. The Bertz CT molecular complexity index is 622. The van der Waals surface area contributed by atoms with E-state index in [-0.39, 0.29) is 10.7 Å². The minimum atomic E-state index is -0.469. The van der Waals surface area contributed by atoms with Gasteiger partial charge in [0, 0.05) is 5.69 Å². The second-order valence-corrected chi connectivity index (χ2v) is 4.38. The molecule has 0 radical (unpaired) electrons. The van der Waals surface area contributed by atoms with Crippen LogP contribution in [0.4, 0.5) is 0 Å². The van der Waals surface area contributed by atoms with E-state index < -0.39 is 5.97 Å². The molecule has 0 aliphatic heterocycles. The summed E-state index contributed by atoms with van der Waals surface area (Å²) in [6.45, 7) is 5.63. The van der Waals surface area contributed by atoms with Crippen molar-refractivity contribution in [3.8, 4) is 5.82 Å². The van der Waals surface area contributed by atoms with E-state index >= 15 is 0 Å². The highest BCUT2D eigenvalue weighted by Gasteiger charge is 2.22. The lowest BCUT2D eigenvalue weighted by Gasteiger charge is -2.03. The van der Waals surface area contributed by atoms with Gasteiger partial charge in [-0.25, -0.2) is 14.5 Å². The SMILES string of the molecule is CCOC(=O)c1c(C)nn(-c2cccc(C)n2)c1Cl.